The van der Waals surface area contributed by atoms with Crippen molar-refractivity contribution in [3.63, 3.8) is 0 Å². The van der Waals surface area contributed by atoms with Gasteiger partial charge in [-0.2, -0.15) is 0 Å². The monoisotopic (exact) mass is 229 g/mol. The maximum Gasteiger partial charge on any atom is 0.145 e. The summed E-state index contributed by atoms with van der Waals surface area (Å²) in [6.45, 7) is 1.14. The lowest BCUT2D eigenvalue weighted by Gasteiger charge is -2.22. The summed E-state index contributed by atoms with van der Waals surface area (Å²) in [5.41, 5.74) is 6.20. The first-order chi connectivity index (χ1) is 7.11. The van der Waals surface area contributed by atoms with Crippen LogP contribution in [0.5, 0.6) is 0 Å². The predicted octanol–water partition coefficient (Wildman–Crippen LogP) is 2.14. The maximum atomic E-state index is 13.6. The van der Waals surface area contributed by atoms with E-state index >= 15 is 0 Å². The van der Waals surface area contributed by atoms with Gasteiger partial charge in [-0.25, -0.2) is 4.39 Å². The lowest BCUT2D eigenvalue weighted by atomic mass is 9.91. The minimum Gasteiger partial charge on any atom is -0.379 e. The van der Waals surface area contributed by atoms with Crippen molar-refractivity contribution in [3.05, 3.63) is 34.6 Å². The fourth-order valence-electron chi connectivity index (χ4n) is 1.83. The summed E-state index contributed by atoms with van der Waals surface area (Å²) in [6.07, 6.45) is 1.23. The smallest absolute Gasteiger partial charge is 0.145 e. The van der Waals surface area contributed by atoms with E-state index in [4.69, 9.17) is 22.1 Å². The first-order valence-electron chi connectivity index (χ1n) is 4.90. The van der Waals surface area contributed by atoms with E-state index in [-0.39, 0.29) is 10.8 Å². The Bertz CT molecular complexity index is 364. The van der Waals surface area contributed by atoms with E-state index in [1.807, 2.05) is 0 Å². The zero-order valence-electron chi connectivity index (χ0n) is 8.30. The molecule has 1 aliphatic heterocycles. The van der Waals surface area contributed by atoms with Crippen molar-refractivity contribution in [1.29, 1.82) is 0 Å². The molecule has 2 rings (SSSR count). The fourth-order valence-corrected chi connectivity index (χ4v) is 2.02. The summed E-state index contributed by atoms with van der Waals surface area (Å²) in [5, 5.41) is 0.148. The van der Waals surface area contributed by atoms with Gasteiger partial charge in [0.05, 0.1) is 11.6 Å². The van der Waals surface area contributed by atoms with E-state index in [1.54, 1.807) is 12.1 Å². The number of hydrogen-bond acceptors (Lipinski definition) is 2. The summed E-state index contributed by atoms with van der Waals surface area (Å²) in [6, 6.07) is 4.99. The zero-order valence-corrected chi connectivity index (χ0v) is 9.06. The van der Waals surface area contributed by atoms with Crippen LogP contribution in [0.1, 0.15) is 12.0 Å². The molecule has 0 spiro atoms. The second kappa shape index (κ2) is 4.08. The topological polar surface area (TPSA) is 35.2 Å². The molecule has 15 heavy (non-hydrogen) atoms. The molecule has 1 fully saturated rings. The molecule has 0 bridgehead atoms. The van der Waals surface area contributed by atoms with Crippen molar-refractivity contribution in [2.24, 2.45) is 5.73 Å². The number of nitrogens with two attached hydrogens (primary N) is 1. The SMILES string of the molecule is NC1(Cc2cccc(Cl)c2F)CCOC1. The van der Waals surface area contributed by atoms with Gasteiger partial charge in [0, 0.05) is 12.1 Å². The molecule has 0 aliphatic carbocycles. The predicted molar refractivity (Wildman–Crippen MR) is 57.5 cm³/mol. The van der Waals surface area contributed by atoms with Crippen LogP contribution >= 0.6 is 11.6 Å². The van der Waals surface area contributed by atoms with Crippen LogP contribution < -0.4 is 5.73 Å². The van der Waals surface area contributed by atoms with E-state index in [1.165, 1.54) is 6.07 Å². The molecule has 1 saturated heterocycles. The Kier molecular flexibility index (Phi) is 2.96. The van der Waals surface area contributed by atoms with Crippen LogP contribution in [0.2, 0.25) is 5.02 Å². The standard InChI is InChI=1S/C11H13ClFNO/c12-9-3-1-2-8(10(9)13)6-11(14)4-5-15-7-11/h1-3H,4-7,14H2. The summed E-state index contributed by atoms with van der Waals surface area (Å²) >= 11 is 5.70. The van der Waals surface area contributed by atoms with Crippen molar-refractivity contribution >= 4 is 11.6 Å². The molecular formula is C11H13ClFNO. The molecule has 4 heteroatoms. The van der Waals surface area contributed by atoms with Crippen molar-refractivity contribution in [3.8, 4) is 0 Å². The van der Waals surface area contributed by atoms with Crippen LogP contribution in [0.25, 0.3) is 0 Å². The van der Waals surface area contributed by atoms with Crippen molar-refractivity contribution in [2.45, 2.75) is 18.4 Å². The summed E-state index contributed by atoms with van der Waals surface area (Å²) < 4.78 is 18.8. The van der Waals surface area contributed by atoms with E-state index in [0.717, 1.165) is 6.42 Å². The molecule has 1 heterocycles. The van der Waals surface area contributed by atoms with Crippen LogP contribution in [-0.2, 0) is 11.2 Å². The maximum absolute atomic E-state index is 13.6. The lowest BCUT2D eigenvalue weighted by molar-refractivity contribution is 0.178. The van der Waals surface area contributed by atoms with Crippen molar-refractivity contribution < 1.29 is 9.13 Å². The molecule has 1 unspecified atom stereocenters. The number of hydrogen-bond donors (Lipinski definition) is 1. The van der Waals surface area contributed by atoms with Gasteiger partial charge in [0.25, 0.3) is 0 Å². The molecule has 2 N–H and O–H groups in total. The molecule has 0 amide bonds. The Labute approximate surface area is 93.2 Å². The molecule has 0 aromatic heterocycles. The molecule has 0 radical (unpaired) electrons. The quantitative estimate of drug-likeness (QED) is 0.844. The van der Waals surface area contributed by atoms with Gasteiger partial charge < -0.3 is 10.5 Å². The minimum atomic E-state index is -0.439. The molecule has 0 saturated carbocycles. The third kappa shape index (κ3) is 2.30. The average molecular weight is 230 g/mol. The number of rotatable bonds is 2. The van der Waals surface area contributed by atoms with Gasteiger partial charge in [0.15, 0.2) is 0 Å². The van der Waals surface area contributed by atoms with Gasteiger partial charge in [0.1, 0.15) is 5.82 Å². The highest BCUT2D eigenvalue weighted by Gasteiger charge is 2.31. The van der Waals surface area contributed by atoms with Gasteiger partial charge in [-0.3, -0.25) is 0 Å². The first-order valence-corrected chi connectivity index (χ1v) is 5.28. The van der Waals surface area contributed by atoms with E-state index in [9.17, 15) is 4.39 Å². The van der Waals surface area contributed by atoms with Crippen LogP contribution in [0.3, 0.4) is 0 Å². The summed E-state index contributed by atoms with van der Waals surface area (Å²) in [5.74, 6) is -0.365. The Balaban J connectivity index is 2.20. The van der Waals surface area contributed by atoms with E-state index in [2.05, 4.69) is 0 Å². The molecular weight excluding hydrogens is 217 g/mol. The molecule has 1 atom stereocenters. The lowest BCUT2D eigenvalue weighted by Crippen LogP contribution is -2.42. The van der Waals surface area contributed by atoms with Gasteiger partial charge in [-0.1, -0.05) is 23.7 Å². The zero-order chi connectivity index (χ0) is 10.9. The minimum absolute atomic E-state index is 0.148. The molecule has 1 aromatic rings. The Morgan fingerprint density at radius 2 is 2.33 bits per heavy atom. The second-order valence-corrected chi connectivity index (χ2v) is 4.46. The van der Waals surface area contributed by atoms with Crippen LogP contribution in [0, 0.1) is 5.82 Å². The normalized spacial score (nSPS) is 25.8. The Hall–Kier alpha value is -0.640. The van der Waals surface area contributed by atoms with Gasteiger partial charge in [0.2, 0.25) is 0 Å². The summed E-state index contributed by atoms with van der Waals surface area (Å²) in [7, 11) is 0. The van der Waals surface area contributed by atoms with Crippen molar-refractivity contribution in [2.75, 3.05) is 13.2 Å². The van der Waals surface area contributed by atoms with Gasteiger partial charge in [-0.15, -0.1) is 0 Å². The first kappa shape index (κ1) is 10.9. The Morgan fingerprint density at radius 3 is 3.00 bits per heavy atom. The fraction of sp³-hybridized carbons (Fsp3) is 0.455. The van der Waals surface area contributed by atoms with Crippen LogP contribution in [-0.4, -0.2) is 18.8 Å². The third-order valence-corrected chi connectivity index (χ3v) is 3.00. The third-order valence-electron chi connectivity index (χ3n) is 2.71. The van der Waals surface area contributed by atoms with E-state index in [0.29, 0.717) is 25.2 Å². The molecule has 82 valence electrons. The number of ether oxygens (including phenoxy) is 1. The molecule has 2 nitrogen and oxygen atoms in total. The highest BCUT2D eigenvalue weighted by atomic mass is 35.5. The average Bonchev–Trinajstić information content (AvgIpc) is 2.60. The van der Waals surface area contributed by atoms with Crippen LogP contribution in [0.4, 0.5) is 4.39 Å². The second-order valence-electron chi connectivity index (χ2n) is 4.05. The largest absolute Gasteiger partial charge is 0.379 e. The summed E-state index contributed by atoms with van der Waals surface area (Å²) in [4.78, 5) is 0. The molecule has 1 aromatic carbocycles. The molecule has 1 aliphatic rings. The Morgan fingerprint density at radius 1 is 1.53 bits per heavy atom. The highest BCUT2D eigenvalue weighted by Crippen LogP contribution is 2.25. The number of benzene rings is 1. The highest BCUT2D eigenvalue weighted by molar-refractivity contribution is 6.30. The van der Waals surface area contributed by atoms with Crippen molar-refractivity contribution in [1.82, 2.24) is 0 Å². The van der Waals surface area contributed by atoms with Gasteiger partial charge in [-0.05, 0) is 24.5 Å². The van der Waals surface area contributed by atoms with Gasteiger partial charge >= 0.3 is 0 Å². The number of halogens is 2. The van der Waals surface area contributed by atoms with E-state index < -0.39 is 5.54 Å². The van der Waals surface area contributed by atoms with Crippen LogP contribution in [0.15, 0.2) is 18.2 Å².